The van der Waals surface area contributed by atoms with E-state index in [9.17, 15) is 0 Å². The lowest BCUT2D eigenvalue weighted by Crippen LogP contribution is -2.23. The van der Waals surface area contributed by atoms with E-state index in [2.05, 4.69) is 47.3 Å². The molecule has 0 spiro atoms. The first kappa shape index (κ1) is 13.7. The number of nitrogens with one attached hydrogen (secondary N) is 1. The zero-order valence-corrected chi connectivity index (χ0v) is 12.7. The van der Waals surface area contributed by atoms with Crippen LogP contribution in [-0.4, -0.2) is 17.7 Å². The lowest BCUT2D eigenvalue weighted by Gasteiger charge is -2.16. The number of hydrogen-bond donors (Lipinski definition) is 1. The van der Waals surface area contributed by atoms with E-state index in [0.29, 0.717) is 6.04 Å². The Morgan fingerprint density at radius 3 is 2.80 bits per heavy atom. The van der Waals surface area contributed by atoms with Crippen molar-refractivity contribution < 1.29 is 0 Å². The van der Waals surface area contributed by atoms with E-state index in [1.807, 2.05) is 7.05 Å². The summed E-state index contributed by atoms with van der Waals surface area (Å²) >= 11 is 0. The lowest BCUT2D eigenvalue weighted by atomic mass is 10.0. The van der Waals surface area contributed by atoms with Gasteiger partial charge in [-0.25, -0.2) is 0 Å². The van der Waals surface area contributed by atoms with Gasteiger partial charge in [0.25, 0.3) is 0 Å². The predicted molar refractivity (Wildman–Crippen MR) is 86.1 cm³/mol. The normalized spacial score (nSPS) is 17.9. The van der Waals surface area contributed by atoms with Crippen LogP contribution in [0.4, 0.5) is 0 Å². The van der Waals surface area contributed by atoms with E-state index in [1.54, 1.807) is 0 Å². The molecule has 1 atom stereocenters. The van der Waals surface area contributed by atoms with Crippen LogP contribution in [0.25, 0.3) is 10.9 Å². The van der Waals surface area contributed by atoms with Gasteiger partial charge in [-0.2, -0.15) is 0 Å². The molecule has 1 unspecified atom stereocenters. The average Bonchev–Trinajstić information content (AvgIpc) is 3.10. The Morgan fingerprint density at radius 2 is 2.05 bits per heavy atom. The molecule has 2 nitrogen and oxygen atoms in total. The molecular weight excluding hydrogens is 244 g/mol. The highest BCUT2D eigenvalue weighted by molar-refractivity contribution is 5.83. The minimum absolute atomic E-state index is 0.524. The topological polar surface area (TPSA) is 17.0 Å². The molecule has 1 aromatic heterocycles. The molecule has 1 aromatic carbocycles. The SMILES string of the molecule is CNC(C)Cc1cccc2ccn(CC3CCCC3)c12. The molecule has 108 valence electrons. The predicted octanol–water partition coefficient (Wildman–Crippen LogP) is 3.98. The largest absolute Gasteiger partial charge is 0.347 e. The molecule has 0 amide bonds. The molecule has 0 saturated heterocycles. The van der Waals surface area contributed by atoms with Crippen molar-refractivity contribution in [3.05, 3.63) is 36.0 Å². The van der Waals surface area contributed by atoms with E-state index < -0.39 is 0 Å². The molecule has 1 aliphatic carbocycles. The molecule has 2 aromatic rings. The van der Waals surface area contributed by atoms with Gasteiger partial charge >= 0.3 is 0 Å². The maximum Gasteiger partial charge on any atom is 0.0513 e. The number of likely N-dealkylation sites (N-methyl/N-ethyl adjacent to an activating group) is 1. The van der Waals surface area contributed by atoms with Gasteiger partial charge < -0.3 is 9.88 Å². The van der Waals surface area contributed by atoms with Gasteiger partial charge in [0, 0.05) is 18.8 Å². The van der Waals surface area contributed by atoms with Gasteiger partial charge in [-0.1, -0.05) is 31.0 Å². The Hall–Kier alpha value is -1.28. The summed E-state index contributed by atoms with van der Waals surface area (Å²) in [6.45, 7) is 3.46. The second kappa shape index (κ2) is 6.01. The molecule has 0 bridgehead atoms. The Labute approximate surface area is 122 Å². The van der Waals surface area contributed by atoms with Gasteiger partial charge in [0.2, 0.25) is 0 Å². The van der Waals surface area contributed by atoms with Crippen molar-refractivity contribution in [2.75, 3.05) is 7.05 Å². The summed E-state index contributed by atoms with van der Waals surface area (Å²) in [6, 6.07) is 9.53. The zero-order valence-electron chi connectivity index (χ0n) is 12.7. The Bertz CT molecular complexity index is 564. The van der Waals surface area contributed by atoms with E-state index in [0.717, 1.165) is 12.3 Å². The molecule has 1 N–H and O–H groups in total. The third kappa shape index (κ3) is 2.76. The minimum Gasteiger partial charge on any atom is -0.347 e. The molecule has 20 heavy (non-hydrogen) atoms. The fraction of sp³-hybridized carbons (Fsp3) is 0.556. The highest BCUT2D eigenvalue weighted by Crippen LogP contribution is 2.29. The summed E-state index contributed by atoms with van der Waals surface area (Å²) in [5.74, 6) is 0.889. The van der Waals surface area contributed by atoms with Gasteiger partial charge in [-0.05, 0) is 56.2 Å². The Morgan fingerprint density at radius 1 is 1.25 bits per heavy atom. The zero-order chi connectivity index (χ0) is 13.9. The summed E-state index contributed by atoms with van der Waals surface area (Å²) in [7, 11) is 2.04. The number of rotatable bonds is 5. The van der Waals surface area contributed by atoms with Crippen molar-refractivity contribution in [1.29, 1.82) is 0 Å². The quantitative estimate of drug-likeness (QED) is 0.869. The van der Waals surface area contributed by atoms with Crippen LogP contribution in [0.1, 0.15) is 38.2 Å². The monoisotopic (exact) mass is 270 g/mol. The lowest BCUT2D eigenvalue weighted by molar-refractivity contribution is 0.465. The van der Waals surface area contributed by atoms with Gasteiger partial charge in [-0.15, -0.1) is 0 Å². The molecule has 3 rings (SSSR count). The number of aromatic nitrogens is 1. The second-order valence-electron chi connectivity index (χ2n) is 6.37. The fourth-order valence-electron chi connectivity index (χ4n) is 3.56. The standard InChI is InChI=1S/C18H26N2/c1-14(19-2)12-17-9-5-8-16-10-11-20(18(16)17)13-15-6-3-4-7-15/h5,8-11,14-15,19H,3-4,6-7,12-13H2,1-2H3. The second-order valence-corrected chi connectivity index (χ2v) is 6.37. The van der Waals surface area contributed by atoms with Crippen molar-refractivity contribution in [3.8, 4) is 0 Å². The molecule has 2 heteroatoms. The summed E-state index contributed by atoms with van der Waals surface area (Å²) < 4.78 is 2.50. The van der Waals surface area contributed by atoms with Crippen molar-refractivity contribution >= 4 is 10.9 Å². The van der Waals surface area contributed by atoms with Gasteiger partial charge in [-0.3, -0.25) is 0 Å². The van der Waals surface area contributed by atoms with Crippen LogP contribution in [-0.2, 0) is 13.0 Å². The van der Waals surface area contributed by atoms with Gasteiger partial charge in [0.1, 0.15) is 0 Å². The van der Waals surface area contributed by atoms with Gasteiger partial charge in [0.05, 0.1) is 5.52 Å². The summed E-state index contributed by atoms with van der Waals surface area (Å²) in [5, 5.41) is 4.75. The van der Waals surface area contributed by atoms with E-state index in [-0.39, 0.29) is 0 Å². The molecule has 1 fully saturated rings. The van der Waals surface area contributed by atoms with Crippen LogP contribution in [0.5, 0.6) is 0 Å². The summed E-state index contributed by atoms with van der Waals surface area (Å²) in [5.41, 5.74) is 2.94. The minimum atomic E-state index is 0.524. The van der Waals surface area contributed by atoms with E-state index in [1.165, 1.54) is 48.7 Å². The van der Waals surface area contributed by atoms with E-state index >= 15 is 0 Å². The molecular formula is C18H26N2. The van der Waals surface area contributed by atoms with Gasteiger partial charge in [0.15, 0.2) is 0 Å². The van der Waals surface area contributed by atoms with Crippen LogP contribution < -0.4 is 5.32 Å². The van der Waals surface area contributed by atoms with Crippen LogP contribution in [0.3, 0.4) is 0 Å². The molecule has 0 radical (unpaired) electrons. The van der Waals surface area contributed by atoms with Crippen LogP contribution in [0.2, 0.25) is 0 Å². The fourth-order valence-corrected chi connectivity index (χ4v) is 3.56. The third-order valence-electron chi connectivity index (χ3n) is 4.82. The Kier molecular flexibility index (Phi) is 4.11. The van der Waals surface area contributed by atoms with Crippen molar-refractivity contribution in [2.45, 2.75) is 51.6 Å². The molecule has 1 aliphatic rings. The highest BCUT2D eigenvalue weighted by atomic mass is 15.0. The van der Waals surface area contributed by atoms with Crippen LogP contribution in [0.15, 0.2) is 30.5 Å². The maximum atomic E-state index is 3.35. The first-order chi connectivity index (χ1) is 9.78. The smallest absolute Gasteiger partial charge is 0.0513 e. The van der Waals surface area contributed by atoms with Crippen molar-refractivity contribution in [2.24, 2.45) is 5.92 Å². The van der Waals surface area contributed by atoms with Crippen LogP contribution in [0, 0.1) is 5.92 Å². The number of nitrogens with zero attached hydrogens (tertiary/aromatic N) is 1. The molecule has 1 heterocycles. The average molecular weight is 270 g/mol. The van der Waals surface area contributed by atoms with Crippen molar-refractivity contribution in [3.63, 3.8) is 0 Å². The number of hydrogen-bond acceptors (Lipinski definition) is 1. The van der Waals surface area contributed by atoms with Crippen LogP contribution >= 0.6 is 0 Å². The first-order valence-corrected chi connectivity index (χ1v) is 8.02. The highest BCUT2D eigenvalue weighted by Gasteiger charge is 2.17. The Balaban J connectivity index is 1.91. The number of para-hydroxylation sites is 1. The number of fused-ring (bicyclic) bond motifs is 1. The van der Waals surface area contributed by atoms with E-state index in [4.69, 9.17) is 0 Å². The third-order valence-corrected chi connectivity index (χ3v) is 4.82. The summed E-state index contributed by atoms with van der Waals surface area (Å²) in [4.78, 5) is 0. The van der Waals surface area contributed by atoms with Crippen molar-refractivity contribution in [1.82, 2.24) is 9.88 Å². The number of benzene rings is 1. The molecule has 0 aliphatic heterocycles. The summed E-state index contributed by atoms with van der Waals surface area (Å²) in [6.07, 6.45) is 9.06. The maximum absolute atomic E-state index is 3.35. The molecule has 1 saturated carbocycles. The first-order valence-electron chi connectivity index (χ1n) is 8.02.